The lowest BCUT2D eigenvalue weighted by molar-refractivity contribution is -0.122. The molecular formula is C18H23N3O. The van der Waals surface area contributed by atoms with E-state index in [2.05, 4.69) is 34.6 Å². The first-order chi connectivity index (χ1) is 10.7. The summed E-state index contributed by atoms with van der Waals surface area (Å²) in [5.74, 6) is 0.772. The molecule has 0 saturated heterocycles. The van der Waals surface area contributed by atoms with Crippen LogP contribution in [0.5, 0.6) is 0 Å². The minimum Gasteiger partial charge on any atom is -0.350 e. The second-order valence-electron chi connectivity index (χ2n) is 6.21. The molecule has 1 aromatic heterocycles. The fraction of sp³-hybridized carbons (Fsp3) is 0.444. The van der Waals surface area contributed by atoms with Crippen molar-refractivity contribution in [2.45, 2.75) is 45.1 Å². The number of amides is 1. The van der Waals surface area contributed by atoms with Crippen LogP contribution in [0.4, 0.5) is 0 Å². The maximum Gasteiger partial charge on any atom is 0.220 e. The second kappa shape index (κ2) is 6.77. The first kappa shape index (κ1) is 14.8. The Labute approximate surface area is 131 Å². The van der Waals surface area contributed by atoms with Crippen LogP contribution < -0.4 is 5.32 Å². The van der Waals surface area contributed by atoms with Crippen molar-refractivity contribution in [2.24, 2.45) is 5.92 Å². The maximum atomic E-state index is 12.1. The Hall–Kier alpha value is -2.10. The molecule has 2 aromatic rings. The van der Waals surface area contributed by atoms with Gasteiger partial charge in [-0.3, -0.25) is 4.79 Å². The van der Waals surface area contributed by atoms with Gasteiger partial charge in [0.05, 0.1) is 12.4 Å². The lowest BCUT2D eigenvalue weighted by Gasteiger charge is -2.16. The van der Waals surface area contributed by atoms with Crippen LogP contribution >= 0.6 is 0 Å². The fourth-order valence-corrected chi connectivity index (χ4v) is 3.21. The van der Waals surface area contributed by atoms with Gasteiger partial charge in [0.25, 0.3) is 0 Å². The standard InChI is InChI=1S/C18H23N3O/c1-14(20-18(22)12-15-4-2-3-5-15)16-6-8-17(9-7-16)21-11-10-19-13-21/h6-11,13-15H,2-5,12H2,1H3,(H,20,22). The number of hydrogen-bond acceptors (Lipinski definition) is 2. The molecule has 22 heavy (non-hydrogen) atoms. The second-order valence-corrected chi connectivity index (χ2v) is 6.21. The quantitative estimate of drug-likeness (QED) is 0.916. The molecular weight excluding hydrogens is 274 g/mol. The molecule has 0 radical (unpaired) electrons. The summed E-state index contributed by atoms with van der Waals surface area (Å²) in [6.45, 7) is 2.04. The van der Waals surface area contributed by atoms with Gasteiger partial charge < -0.3 is 9.88 Å². The summed E-state index contributed by atoms with van der Waals surface area (Å²) in [7, 11) is 0. The van der Waals surface area contributed by atoms with Gasteiger partial charge in [0.1, 0.15) is 0 Å². The minimum atomic E-state index is 0.0470. The van der Waals surface area contributed by atoms with E-state index in [9.17, 15) is 4.79 Å². The number of carbonyl (C=O) groups is 1. The molecule has 1 heterocycles. The van der Waals surface area contributed by atoms with Gasteiger partial charge in [0.15, 0.2) is 0 Å². The molecule has 0 spiro atoms. The lowest BCUT2D eigenvalue weighted by atomic mass is 10.0. The molecule has 3 rings (SSSR count). The average Bonchev–Trinajstić information content (AvgIpc) is 3.20. The van der Waals surface area contributed by atoms with E-state index in [1.54, 1.807) is 12.5 Å². The van der Waals surface area contributed by atoms with Crippen molar-refractivity contribution in [1.29, 1.82) is 0 Å². The fourth-order valence-electron chi connectivity index (χ4n) is 3.21. The van der Waals surface area contributed by atoms with Crippen LogP contribution in [-0.4, -0.2) is 15.5 Å². The molecule has 1 amide bonds. The molecule has 4 nitrogen and oxygen atoms in total. The Morgan fingerprint density at radius 1 is 1.32 bits per heavy atom. The Bertz CT molecular complexity index is 598. The van der Waals surface area contributed by atoms with Crippen LogP contribution in [0, 0.1) is 5.92 Å². The topological polar surface area (TPSA) is 46.9 Å². The van der Waals surface area contributed by atoms with Crippen LogP contribution in [0.15, 0.2) is 43.0 Å². The SMILES string of the molecule is CC(NC(=O)CC1CCCC1)c1ccc(-n2ccnc2)cc1. The highest BCUT2D eigenvalue weighted by molar-refractivity contribution is 5.76. The number of benzene rings is 1. The van der Waals surface area contributed by atoms with Gasteiger partial charge in [-0.15, -0.1) is 0 Å². The molecule has 1 aromatic carbocycles. The van der Waals surface area contributed by atoms with Crippen molar-refractivity contribution in [1.82, 2.24) is 14.9 Å². The van der Waals surface area contributed by atoms with E-state index in [0.29, 0.717) is 12.3 Å². The number of nitrogens with one attached hydrogen (secondary N) is 1. The third kappa shape index (κ3) is 3.56. The van der Waals surface area contributed by atoms with E-state index < -0.39 is 0 Å². The van der Waals surface area contributed by atoms with E-state index >= 15 is 0 Å². The maximum absolute atomic E-state index is 12.1. The van der Waals surface area contributed by atoms with Crippen molar-refractivity contribution < 1.29 is 4.79 Å². The molecule has 1 fully saturated rings. The lowest BCUT2D eigenvalue weighted by Crippen LogP contribution is -2.27. The van der Waals surface area contributed by atoms with Crippen molar-refractivity contribution in [3.8, 4) is 5.69 Å². The molecule has 1 saturated carbocycles. The van der Waals surface area contributed by atoms with Crippen molar-refractivity contribution in [2.75, 3.05) is 0 Å². The predicted molar refractivity (Wildman–Crippen MR) is 86.7 cm³/mol. The van der Waals surface area contributed by atoms with Crippen LogP contribution in [0.3, 0.4) is 0 Å². The molecule has 1 aliphatic carbocycles. The first-order valence-electron chi connectivity index (χ1n) is 8.10. The molecule has 0 bridgehead atoms. The molecule has 1 aliphatic rings. The zero-order chi connectivity index (χ0) is 15.4. The van der Waals surface area contributed by atoms with Crippen molar-refractivity contribution >= 4 is 5.91 Å². The molecule has 1 unspecified atom stereocenters. The van der Waals surface area contributed by atoms with Gasteiger partial charge in [-0.1, -0.05) is 25.0 Å². The summed E-state index contributed by atoms with van der Waals surface area (Å²) < 4.78 is 1.97. The summed E-state index contributed by atoms with van der Waals surface area (Å²) in [4.78, 5) is 16.2. The van der Waals surface area contributed by atoms with Crippen LogP contribution in [0.25, 0.3) is 5.69 Å². The smallest absolute Gasteiger partial charge is 0.220 e. The van der Waals surface area contributed by atoms with Crippen LogP contribution in [0.1, 0.15) is 50.6 Å². The summed E-state index contributed by atoms with van der Waals surface area (Å²) in [5, 5.41) is 3.12. The zero-order valence-corrected chi connectivity index (χ0v) is 13.0. The Balaban J connectivity index is 1.57. The highest BCUT2D eigenvalue weighted by Crippen LogP contribution is 2.27. The monoisotopic (exact) mass is 297 g/mol. The third-order valence-corrected chi connectivity index (χ3v) is 4.52. The number of carbonyl (C=O) groups excluding carboxylic acids is 1. The number of aromatic nitrogens is 2. The van der Waals surface area contributed by atoms with Gasteiger partial charge in [0.2, 0.25) is 5.91 Å². The minimum absolute atomic E-state index is 0.0470. The third-order valence-electron chi connectivity index (χ3n) is 4.52. The highest BCUT2D eigenvalue weighted by Gasteiger charge is 2.19. The summed E-state index contributed by atoms with van der Waals surface area (Å²) in [6, 6.07) is 8.28. The zero-order valence-electron chi connectivity index (χ0n) is 13.0. The van der Waals surface area contributed by atoms with E-state index in [1.807, 2.05) is 17.7 Å². The number of hydrogen-bond donors (Lipinski definition) is 1. The van der Waals surface area contributed by atoms with E-state index in [1.165, 1.54) is 25.7 Å². The normalized spacial score (nSPS) is 16.6. The summed E-state index contributed by atoms with van der Waals surface area (Å²) in [6.07, 6.45) is 11.1. The molecule has 0 aliphatic heterocycles. The van der Waals surface area contributed by atoms with Gasteiger partial charge in [-0.25, -0.2) is 4.98 Å². The predicted octanol–water partition coefficient (Wildman–Crippen LogP) is 3.63. The number of nitrogens with zero attached hydrogens (tertiary/aromatic N) is 2. The van der Waals surface area contributed by atoms with Crippen LogP contribution in [-0.2, 0) is 4.79 Å². The first-order valence-corrected chi connectivity index (χ1v) is 8.10. The van der Waals surface area contributed by atoms with Gasteiger partial charge >= 0.3 is 0 Å². The van der Waals surface area contributed by atoms with E-state index in [-0.39, 0.29) is 11.9 Å². The number of rotatable bonds is 5. The number of imidazole rings is 1. The Kier molecular flexibility index (Phi) is 4.56. The molecule has 116 valence electrons. The summed E-state index contributed by atoms with van der Waals surface area (Å²) >= 11 is 0. The average molecular weight is 297 g/mol. The Morgan fingerprint density at radius 3 is 2.68 bits per heavy atom. The van der Waals surface area contributed by atoms with Gasteiger partial charge in [-0.05, 0) is 43.4 Å². The summed E-state index contributed by atoms with van der Waals surface area (Å²) in [5.41, 5.74) is 2.20. The van der Waals surface area contributed by atoms with Gasteiger partial charge in [0, 0.05) is 24.5 Å². The van der Waals surface area contributed by atoms with Crippen LogP contribution in [0.2, 0.25) is 0 Å². The highest BCUT2D eigenvalue weighted by atomic mass is 16.1. The molecule has 4 heteroatoms. The molecule has 1 N–H and O–H groups in total. The van der Waals surface area contributed by atoms with Crippen molar-refractivity contribution in [3.05, 3.63) is 48.5 Å². The Morgan fingerprint density at radius 2 is 2.05 bits per heavy atom. The van der Waals surface area contributed by atoms with E-state index in [0.717, 1.165) is 11.3 Å². The van der Waals surface area contributed by atoms with E-state index in [4.69, 9.17) is 0 Å². The van der Waals surface area contributed by atoms with Crippen molar-refractivity contribution in [3.63, 3.8) is 0 Å². The largest absolute Gasteiger partial charge is 0.350 e. The van der Waals surface area contributed by atoms with Gasteiger partial charge in [-0.2, -0.15) is 0 Å². The molecule has 1 atom stereocenters.